The van der Waals surface area contributed by atoms with E-state index in [1.807, 2.05) is 72.8 Å². The number of benzene rings is 3. The molecule has 5 rings (SSSR count). The summed E-state index contributed by atoms with van der Waals surface area (Å²) in [6, 6.07) is 27.7. The number of amides is 2. The summed E-state index contributed by atoms with van der Waals surface area (Å²) >= 11 is 1.48. The molecule has 0 saturated carbocycles. The number of nitrogens with zero attached hydrogens (tertiary/aromatic N) is 2. The van der Waals surface area contributed by atoms with Crippen molar-refractivity contribution in [3.05, 3.63) is 96.1 Å². The van der Waals surface area contributed by atoms with Crippen LogP contribution in [0.2, 0.25) is 0 Å². The molecule has 1 aliphatic rings. The summed E-state index contributed by atoms with van der Waals surface area (Å²) in [5, 5.41) is 3.62. The minimum absolute atomic E-state index is 0.0620. The predicted octanol–water partition coefficient (Wildman–Crippen LogP) is 6.00. The van der Waals surface area contributed by atoms with Crippen molar-refractivity contribution >= 4 is 38.7 Å². The van der Waals surface area contributed by atoms with Gasteiger partial charge in [0, 0.05) is 24.9 Å². The highest BCUT2D eigenvalue weighted by Gasteiger charge is 2.39. The van der Waals surface area contributed by atoms with E-state index < -0.39 is 0 Å². The SMILES string of the molecule is O=C(CC1(c2ccccc2)CCN(C(=O)OCc2ccccc2)CC1)Nc1nc2ccccc2s1. The minimum Gasteiger partial charge on any atom is -0.445 e. The molecule has 1 N–H and O–H groups in total. The molecule has 2 amide bonds. The molecular formula is C28H27N3O3S. The third-order valence-corrected chi connectivity index (χ3v) is 7.56. The van der Waals surface area contributed by atoms with E-state index in [-0.39, 0.29) is 24.0 Å². The summed E-state index contributed by atoms with van der Waals surface area (Å²) in [6.07, 6.45) is 1.39. The van der Waals surface area contributed by atoms with Crippen molar-refractivity contribution in [3.8, 4) is 0 Å². The van der Waals surface area contributed by atoms with Crippen LogP contribution in [0.15, 0.2) is 84.9 Å². The van der Waals surface area contributed by atoms with Gasteiger partial charge in [0.25, 0.3) is 0 Å². The van der Waals surface area contributed by atoms with Gasteiger partial charge in [0.05, 0.1) is 10.2 Å². The smallest absolute Gasteiger partial charge is 0.410 e. The van der Waals surface area contributed by atoms with Gasteiger partial charge in [-0.3, -0.25) is 4.79 Å². The van der Waals surface area contributed by atoms with Crippen molar-refractivity contribution in [2.24, 2.45) is 0 Å². The van der Waals surface area contributed by atoms with Crippen molar-refractivity contribution in [2.75, 3.05) is 18.4 Å². The molecule has 35 heavy (non-hydrogen) atoms. The quantitative estimate of drug-likeness (QED) is 0.364. The van der Waals surface area contributed by atoms with Crippen LogP contribution in [0.5, 0.6) is 0 Å². The van der Waals surface area contributed by atoms with Gasteiger partial charge < -0.3 is 15.0 Å². The van der Waals surface area contributed by atoms with Gasteiger partial charge >= 0.3 is 6.09 Å². The lowest BCUT2D eigenvalue weighted by molar-refractivity contribution is -0.117. The largest absolute Gasteiger partial charge is 0.445 e. The Kier molecular flexibility index (Phi) is 6.77. The Morgan fingerprint density at radius 2 is 1.57 bits per heavy atom. The third kappa shape index (κ3) is 5.35. The molecular weight excluding hydrogens is 458 g/mol. The number of anilines is 1. The summed E-state index contributed by atoms with van der Waals surface area (Å²) in [6.45, 7) is 1.33. The lowest BCUT2D eigenvalue weighted by Crippen LogP contribution is -2.46. The molecule has 7 heteroatoms. The number of carbonyl (C=O) groups is 2. The fourth-order valence-electron chi connectivity index (χ4n) is 4.68. The standard InChI is InChI=1S/C28H27N3O3S/c32-25(30-26-29-23-13-7-8-14-24(23)35-26)19-28(22-11-5-2-6-12-22)15-17-31(18-16-28)27(33)34-20-21-9-3-1-4-10-21/h1-14H,15-20H2,(H,29,30,32). The Balaban J connectivity index is 1.25. The molecule has 3 aromatic carbocycles. The topological polar surface area (TPSA) is 71.5 Å². The zero-order chi connectivity index (χ0) is 24.1. The number of fused-ring (bicyclic) bond motifs is 1. The molecule has 0 unspecified atom stereocenters. The fraction of sp³-hybridized carbons (Fsp3) is 0.250. The Bertz CT molecular complexity index is 1270. The molecule has 1 saturated heterocycles. The molecule has 0 aliphatic carbocycles. The summed E-state index contributed by atoms with van der Waals surface area (Å²) < 4.78 is 6.58. The maximum atomic E-state index is 13.2. The van der Waals surface area contributed by atoms with Gasteiger partial charge in [-0.1, -0.05) is 84.1 Å². The Labute approximate surface area is 208 Å². The maximum Gasteiger partial charge on any atom is 0.410 e. The number of ether oxygens (including phenoxy) is 1. The fourth-order valence-corrected chi connectivity index (χ4v) is 5.57. The van der Waals surface area contributed by atoms with E-state index in [2.05, 4.69) is 22.4 Å². The number of thiazole rings is 1. The van der Waals surface area contributed by atoms with E-state index >= 15 is 0 Å². The van der Waals surface area contributed by atoms with Gasteiger partial charge in [0.2, 0.25) is 5.91 Å². The predicted molar refractivity (Wildman–Crippen MR) is 138 cm³/mol. The average Bonchev–Trinajstić information content (AvgIpc) is 3.31. The third-order valence-electron chi connectivity index (χ3n) is 6.61. The van der Waals surface area contributed by atoms with E-state index in [4.69, 9.17) is 4.74 Å². The van der Waals surface area contributed by atoms with Crippen molar-refractivity contribution in [1.29, 1.82) is 0 Å². The van der Waals surface area contributed by atoms with Crippen LogP contribution < -0.4 is 5.32 Å². The molecule has 0 atom stereocenters. The second-order valence-corrected chi connectivity index (χ2v) is 9.92. The average molecular weight is 486 g/mol. The molecule has 0 bridgehead atoms. The van der Waals surface area contributed by atoms with E-state index in [0.29, 0.717) is 37.5 Å². The van der Waals surface area contributed by atoms with Gasteiger partial charge in [0.1, 0.15) is 6.61 Å². The molecule has 2 heterocycles. The van der Waals surface area contributed by atoms with Crippen molar-refractivity contribution in [1.82, 2.24) is 9.88 Å². The zero-order valence-electron chi connectivity index (χ0n) is 19.4. The number of para-hydroxylation sites is 1. The number of hydrogen-bond acceptors (Lipinski definition) is 5. The summed E-state index contributed by atoms with van der Waals surface area (Å²) in [5.41, 5.74) is 2.62. The molecule has 1 aromatic heterocycles. The Morgan fingerprint density at radius 3 is 2.29 bits per heavy atom. The second kappa shape index (κ2) is 10.3. The van der Waals surface area contributed by atoms with Crippen LogP contribution in [-0.4, -0.2) is 35.0 Å². The monoisotopic (exact) mass is 485 g/mol. The van der Waals surface area contributed by atoms with E-state index in [9.17, 15) is 9.59 Å². The van der Waals surface area contributed by atoms with Crippen molar-refractivity contribution in [2.45, 2.75) is 31.3 Å². The Hall–Kier alpha value is -3.71. The molecule has 4 aromatic rings. The van der Waals surface area contributed by atoms with E-state index in [1.54, 1.807) is 4.90 Å². The number of carbonyl (C=O) groups excluding carboxylic acids is 2. The number of aromatic nitrogens is 1. The van der Waals surface area contributed by atoms with Crippen molar-refractivity contribution in [3.63, 3.8) is 0 Å². The summed E-state index contributed by atoms with van der Waals surface area (Å²) in [7, 11) is 0. The number of rotatable bonds is 6. The van der Waals surface area contributed by atoms with Crippen LogP contribution in [0.25, 0.3) is 10.2 Å². The normalized spacial score (nSPS) is 15.0. The highest BCUT2D eigenvalue weighted by Crippen LogP contribution is 2.39. The van der Waals surface area contributed by atoms with Crippen LogP contribution >= 0.6 is 11.3 Å². The van der Waals surface area contributed by atoms with Gasteiger partial charge in [-0.15, -0.1) is 0 Å². The molecule has 178 valence electrons. The summed E-state index contributed by atoms with van der Waals surface area (Å²) in [4.78, 5) is 32.1. The second-order valence-electron chi connectivity index (χ2n) is 8.89. The number of piperidine rings is 1. The maximum absolute atomic E-state index is 13.2. The van der Waals surface area contributed by atoms with Gasteiger partial charge in [-0.2, -0.15) is 0 Å². The number of nitrogens with one attached hydrogen (secondary N) is 1. The lowest BCUT2D eigenvalue weighted by Gasteiger charge is -2.41. The van der Waals surface area contributed by atoms with Crippen LogP contribution in [-0.2, 0) is 21.6 Å². The van der Waals surface area contributed by atoms with Crippen LogP contribution in [0.3, 0.4) is 0 Å². The van der Waals surface area contributed by atoms with Crippen LogP contribution in [0.4, 0.5) is 9.93 Å². The van der Waals surface area contributed by atoms with Gasteiger partial charge in [-0.05, 0) is 36.1 Å². The molecule has 6 nitrogen and oxygen atoms in total. The first-order valence-corrected chi connectivity index (χ1v) is 12.6. The highest BCUT2D eigenvalue weighted by atomic mass is 32.1. The molecule has 0 radical (unpaired) electrons. The first-order chi connectivity index (χ1) is 17.1. The van der Waals surface area contributed by atoms with Crippen LogP contribution in [0.1, 0.15) is 30.4 Å². The van der Waals surface area contributed by atoms with Crippen LogP contribution in [0, 0.1) is 0 Å². The van der Waals surface area contributed by atoms with E-state index in [1.165, 1.54) is 11.3 Å². The highest BCUT2D eigenvalue weighted by molar-refractivity contribution is 7.22. The minimum atomic E-state index is -0.349. The zero-order valence-corrected chi connectivity index (χ0v) is 20.2. The molecule has 0 spiro atoms. The molecule has 1 fully saturated rings. The lowest BCUT2D eigenvalue weighted by atomic mass is 9.70. The van der Waals surface area contributed by atoms with Crippen molar-refractivity contribution < 1.29 is 14.3 Å². The van der Waals surface area contributed by atoms with Gasteiger partial charge in [0.15, 0.2) is 5.13 Å². The number of hydrogen-bond donors (Lipinski definition) is 1. The van der Waals surface area contributed by atoms with E-state index in [0.717, 1.165) is 21.3 Å². The first kappa shape index (κ1) is 23.1. The first-order valence-electron chi connectivity index (χ1n) is 11.8. The summed E-state index contributed by atoms with van der Waals surface area (Å²) in [5.74, 6) is -0.0620. The van der Waals surface area contributed by atoms with Gasteiger partial charge in [-0.25, -0.2) is 9.78 Å². The number of likely N-dealkylation sites (tertiary alicyclic amines) is 1. The molecule has 1 aliphatic heterocycles. The Morgan fingerprint density at radius 1 is 0.914 bits per heavy atom.